The summed E-state index contributed by atoms with van der Waals surface area (Å²) in [6.45, 7) is 0.199. The number of hydrogen-bond donors (Lipinski definition) is 3. The summed E-state index contributed by atoms with van der Waals surface area (Å²) in [5, 5.41) is 4.93. The van der Waals surface area contributed by atoms with Crippen molar-refractivity contribution in [1.29, 1.82) is 0 Å². The highest BCUT2D eigenvalue weighted by Crippen LogP contribution is 2.28. The molecule has 0 aliphatic carbocycles. The molecule has 3 rings (SSSR count). The first-order valence-electron chi connectivity index (χ1n) is 8.97. The van der Waals surface area contributed by atoms with Gasteiger partial charge in [-0.1, -0.05) is 6.07 Å². The number of alkyl halides is 3. The molecule has 0 spiro atoms. The van der Waals surface area contributed by atoms with Gasteiger partial charge in [0.15, 0.2) is 0 Å². The van der Waals surface area contributed by atoms with E-state index >= 15 is 0 Å². The van der Waals surface area contributed by atoms with Crippen molar-refractivity contribution in [1.82, 2.24) is 15.5 Å². The third kappa shape index (κ3) is 4.30. The molecule has 2 unspecified atom stereocenters. The van der Waals surface area contributed by atoms with E-state index in [4.69, 9.17) is 5.73 Å². The Morgan fingerprint density at radius 1 is 1.17 bits per heavy atom. The highest BCUT2D eigenvalue weighted by molar-refractivity contribution is 6.23. The van der Waals surface area contributed by atoms with Crippen LogP contribution >= 0.6 is 0 Å². The topological polar surface area (TPSA) is 122 Å². The molecule has 29 heavy (non-hydrogen) atoms. The first kappa shape index (κ1) is 20.9. The largest absolute Gasteiger partial charge is 0.403 e. The van der Waals surface area contributed by atoms with Gasteiger partial charge in [0.25, 0.3) is 11.8 Å². The van der Waals surface area contributed by atoms with E-state index in [2.05, 4.69) is 10.6 Å². The van der Waals surface area contributed by atoms with Crippen molar-refractivity contribution < 1.29 is 32.3 Å². The molecule has 0 saturated carbocycles. The Hall–Kier alpha value is -2.79. The van der Waals surface area contributed by atoms with Gasteiger partial charge in [-0.15, -0.1) is 0 Å². The van der Waals surface area contributed by atoms with E-state index in [0.29, 0.717) is 5.56 Å². The van der Waals surface area contributed by atoms with Crippen molar-refractivity contribution in [2.24, 2.45) is 5.73 Å². The van der Waals surface area contributed by atoms with E-state index in [9.17, 15) is 32.3 Å². The minimum atomic E-state index is -4.46. The molecule has 156 valence electrons. The highest BCUT2D eigenvalue weighted by atomic mass is 19.4. The van der Waals surface area contributed by atoms with Gasteiger partial charge in [-0.05, 0) is 37.1 Å². The van der Waals surface area contributed by atoms with E-state index < -0.39 is 41.9 Å². The molecule has 1 aromatic rings. The van der Waals surface area contributed by atoms with Crippen LogP contribution in [-0.4, -0.2) is 53.3 Å². The molecule has 2 atom stereocenters. The van der Waals surface area contributed by atoms with Crippen molar-refractivity contribution >= 4 is 23.6 Å². The number of fused-ring (bicyclic) bond motifs is 1. The minimum absolute atomic E-state index is 0.0209. The number of nitrogens with zero attached hydrogens (tertiary/aromatic N) is 1. The summed E-state index contributed by atoms with van der Waals surface area (Å²) in [4.78, 5) is 49.4. The van der Waals surface area contributed by atoms with Crippen LogP contribution in [0.1, 0.15) is 45.5 Å². The summed E-state index contributed by atoms with van der Waals surface area (Å²) in [6.07, 6.45) is -4.67. The van der Waals surface area contributed by atoms with Crippen LogP contribution in [0.3, 0.4) is 0 Å². The molecule has 2 aliphatic rings. The van der Waals surface area contributed by atoms with E-state index in [1.165, 1.54) is 12.1 Å². The second-order valence-electron chi connectivity index (χ2n) is 6.94. The fourth-order valence-corrected chi connectivity index (χ4v) is 3.28. The number of imide groups is 2. The second kappa shape index (κ2) is 7.91. The van der Waals surface area contributed by atoms with Crippen LogP contribution in [-0.2, 0) is 16.1 Å². The molecular weight excluding hydrogens is 393 g/mol. The monoisotopic (exact) mass is 412 g/mol. The number of amides is 4. The molecule has 11 heteroatoms. The standard InChI is InChI=1S/C18H19F3N4O4/c19-18(20,21)13(22)5-6-23-8-9-1-2-10-11(7-9)17(29)25(16(10)28)12-3-4-14(26)24-15(12)27/h1-2,7,12-13,23H,3-6,8,22H2,(H,24,26,27). The van der Waals surface area contributed by atoms with Crippen molar-refractivity contribution in [2.45, 2.75) is 44.1 Å². The van der Waals surface area contributed by atoms with Gasteiger partial charge in [-0.3, -0.25) is 29.4 Å². The SMILES string of the molecule is NC(CCNCc1ccc2c(c1)C(=O)N(C1CCC(=O)NC1=O)C2=O)C(F)(F)F. The number of benzene rings is 1. The minimum Gasteiger partial charge on any atom is -0.320 e. The van der Waals surface area contributed by atoms with Crippen LogP contribution in [0, 0.1) is 0 Å². The Kier molecular flexibility index (Phi) is 5.71. The smallest absolute Gasteiger partial charge is 0.320 e. The van der Waals surface area contributed by atoms with E-state index in [0.717, 1.165) is 4.90 Å². The summed E-state index contributed by atoms with van der Waals surface area (Å²) < 4.78 is 37.2. The molecule has 8 nitrogen and oxygen atoms in total. The Morgan fingerprint density at radius 3 is 2.52 bits per heavy atom. The first-order valence-corrected chi connectivity index (χ1v) is 8.97. The number of piperidine rings is 1. The zero-order chi connectivity index (χ0) is 21.3. The van der Waals surface area contributed by atoms with Crippen molar-refractivity contribution in [3.8, 4) is 0 Å². The van der Waals surface area contributed by atoms with E-state index in [1.54, 1.807) is 6.07 Å². The van der Waals surface area contributed by atoms with Gasteiger partial charge in [-0.2, -0.15) is 13.2 Å². The van der Waals surface area contributed by atoms with Crippen molar-refractivity contribution in [3.63, 3.8) is 0 Å². The zero-order valence-corrected chi connectivity index (χ0v) is 15.2. The average molecular weight is 412 g/mol. The number of nitrogens with one attached hydrogen (secondary N) is 2. The summed E-state index contributed by atoms with van der Waals surface area (Å²) in [6, 6.07) is 1.52. The maximum absolute atomic E-state index is 12.7. The number of rotatable bonds is 6. The lowest BCUT2D eigenvalue weighted by Gasteiger charge is -2.27. The van der Waals surface area contributed by atoms with Crippen LogP contribution < -0.4 is 16.4 Å². The lowest BCUT2D eigenvalue weighted by atomic mass is 10.0. The summed E-state index contributed by atoms with van der Waals surface area (Å²) in [7, 11) is 0. The van der Waals surface area contributed by atoms with Crippen LogP contribution in [0.2, 0.25) is 0 Å². The summed E-state index contributed by atoms with van der Waals surface area (Å²) >= 11 is 0. The Bertz CT molecular complexity index is 871. The van der Waals surface area contributed by atoms with E-state index in [-0.39, 0.29) is 43.5 Å². The quantitative estimate of drug-likeness (QED) is 0.461. The average Bonchev–Trinajstić information content (AvgIpc) is 2.89. The predicted octanol–water partition coefficient (Wildman–Crippen LogP) is 0.457. The molecule has 2 aliphatic heterocycles. The zero-order valence-electron chi connectivity index (χ0n) is 15.2. The number of halogens is 3. The maximum atomic E-state index is 12.7. The van der Waals surface area contributed by atoms with Gasteiger partial charge in [-0.25, -0.2) is 0 Å². The summed E-state index contributed by atoms with van der Waals surface area (Å²) in [5.74, 6) is -2.41. The van der Waals surface area contributed by atoms with Crippen LogP contribution in [0.15, 0.2) is 18.2 Å². The number of nitrogens with two attached hydrogens (primary N) is 1. The molecule has 0 bridgehead atoms. The molecular formula is C18H19F3N4O4. The third-order valence-corrected chi connectivity index (χ3v) is 4.89. The maximum Gasteiger partial charge on any atom is 0.403 e. The highest BCUT2D eigenvalue weighted by Gasteiger charge is 2.44. The van der Waals surface area contributed by atoms with Gasteiger partial charge < -0.3 is 11.1 Å². The van der Waals surface area contributed by atoms with E-state index in [1.807, 2.05) is 0 Å². The molecule has 0 radical (unpaired) electrons. The van der Waals surface area contributed by atoms with Crippen LogP contribution in [0.25, 0.3) is 0 Å². The van der Waals surface area contributed by atoms with Crippen LogP contribution in [0.4, 0.5) is 13.2 Å². The van der Waals surface area contributed by atoms with Gasteiger partial charge in [0.05, 0.1) is 11.1 Å². The first-order chi connectivity index (χ1) is 13.6. The lowest BCUT2D eigenvalue weighted by molar-refractivity contribution is -0.148. The second-order valence-corrected chi connectivity index (χ2v) is 6.94. The molecule has 4 N–H and O–H groups in total. The fourth-order valence-electron chi connectivity index (χ4n) is 3.28. The van der Waals surface area contributed by atoms with Gasteiger partial charge in [0.2, 0.25) is 11.8 Å². The summed E-state index contributed by atoms with van der Waals surface area (Å²) in [5.41, 5.74) is 5.89. The molecule has 0 aromatic heterocycles. The van der Waals surface area contributed by atoms with Gasteiger partial charge in [0.1, 0.15) is 12.1 Å². The Balaban J connectivity index is 1.65. The lowest BCUT2D eigenvalue weighted by Crippen LogP contribution is -2.54. The van der Waals surface area contributed by atoms with Gasteiger partial charge >= 0.3 is 6.18 Å². The number of hydrogen-bond acceptors (Lipinski definition) is 6. The molecule has 1 aromatic carbocycles. The number of carbonyl (C=O) groups is 4. The van der Waals surface area contributed by atoms with Crippen molar-refractivity contribution in [2.75, 3.05) is 6.54 Å². The van der Waals surface area contributed by atoms with Crippen molar-refractivity contribution in [3.05, 3.63) is 34.9 Å². The van der Waals surface area contributed by atoms with Crippen LogP contribution in [0.5, 0.6) is 0 Å². The molecule has 4 amide bonds. The Morgan fingerprint density at radius 2 is 1.86 bits per heavy atom. The number of carbonyl (C=O) groups excluding carboxylic acids is 4. The Labute approximate surface area is 163 Å². The molecule has 2 heterocycles. The van der Waals surface area contributed by atoms with Gasteiger partial charge in [0, 0.05) is 13.0 Å². The normalized spacial score (nSPS) is 20.7. The predicted molar refractivity (Wildman–Crippen MR) is 93.5 cm³/mol. The fraction of sp³-hybridized carbons (Fsp3) is 0.444. The molecule has 1 fully saturated rings. The molecule has 1 saturated heterocycles. The third-order valence-electron chi connectivity index (χ3n) is 4.89.